The molecular weight excluding hydrogens is 200 g/mol. The number of unbranched alkanes of at least 4 members (excludes halogenated alkanes) is 2. The highest BCUT2D eigenvalue weighted by Crippen LogP contribution is 2.20. The molecule has 0 aromatic heterocycles. The van der Waals surface area contributed by atoms with Crippen LogP contribution in [-0.2, 0) is 9.53 Å². The Bertz CT molecular complexity index is 189. The van der Waals surface area contributed by atoms with E-state index in [-0.39, 0.29) is 5.97 Å². The molecule has 1 aliphatic rings. The minimum atomic E-state index is -0.0940. The summed E-state index contributed by atoms with van der Waals surface area (Å²) in [5.74, 6) is -0.0940. The summed E-state index contributed by atoms with van der Waals surface area (Å²) >= 11 is 0. The van der Waals surface area contributed by atoms with Crippen LogP contribution in [0.15, 0.2) is 12.2 Å². The van der Waals surface area contributed by atoms with Gasteiger partial charge in [-0.25, -0.2) is 0 Å². The Kier molecular flexibility index (Phi) is 10.2. The molecule has 0 atom stereocenters. The average Bonchev–Trinajstić information content (AvgIpc) is 2.31. The van der Waals surface area contributed by atoms with Gasteiger partial charge in [0.2, 0.25) is 0 Å². The molecule has 0 aromatic rings. The van der Waals surface area contributed by atoms with E-state index in [4.69, 9.17) is 0 Å². The summed E-state index contributed by atoms with van der Waals surface area (Å²) in [6.45, 7) is 6.02. The highest BCUT2D eigenvalue weighted by molar-refractivity contribution is 5.68. The van der Waals surface area contributed by atoms with Gasteiger partial charge in [0.05, 0.1) is 7.11 Å². The van der Waals surface area contributed by atoms with Crippen molar-refractivity contribution in [2.45, 2.75) is 64.7 Å². The first-order chi connectivity index (χ1) is 7.70. The maximum atomic E-state index is 10.5. The van der Waals surface area contributed by atoms with E-state index >= 15 is 0 Å². The van der Waals surface area contributed by atoms with Crippen molar-refractivity contribution in [2.24, 2.45) is 0 Å². The fourth-order valence-electron chi connectivity index (χ4n) is 1.67. The van der Waals surface area contributed by atoms with E-state index in [9.17, 15) is 4.79 Å². The topological polar surface area (TPSA) is 26.3 Å². The summed E-state index contributed by atoms with van der Waals surface area (Å²) in [6.07, 6.45) is 10.6. The van der Waals surface area contributed by atoms with Crippen molar-refractivity contribution >= 4 is 5.97 Å². The molecule has 0 N–H and O–H groups in total. The molecule has 1 fully saturated rings. The lowest BCUT2D eigenvalue weighted by Crippen LogP contribution is -1.98. The SMILES string of the molecule is C=C1CCCCC1.CCCCCC(=O)OC. The lowest BCUT2D eigenvalue weighted by molar-refractivity contribution is -0.140. The number of rotatable bonds is 4. The fourth-order valence-corrected chi connectivity index (χ4v) is 1.67. The molecular formula is C14H26O2. The van der Waals surface area contributed by atoms with Crippen LogP contribution in [0.2, 0.25) is 0 Å². The normalized spacial score (nSPS) is 15.0. The first-order valence-corrected chi connectivity index (χ1v) is 6.44. The Hall–Kier alpha value is -0.790. The van der Waals surface area contributed by atoms with Crippen molar-refractivity contribution in [3.8, 4) is 0 Å². The van der Waals surface area contributed by atoms with Gasteiger partial charge in [-0.05, 0) is 32.1 Å². The number of esters is 1. The van der Waals surface area contributed by atoms with Crippen LogP contribution in [0.3, 0.4) is 0 Å². The van der Waals surface area contributed by atoms with Gasteiger partial charge in [0.15, 0.2) is 0 Å². The van der Waals surface area contributed by atoms with Crippen molar-refractivity contribution in [1.82, 2.24) is 0 Å². The van der Waals surface area contributed by atoms with Gasteiger partial charge < -0.3 is 4.74 Å². The van der Waals surface area contributed by atoms with Gasteiger partial charge in [-0.1, -0.05) is 38.3 Å². The third kappa shape index (κ3) is 9.75. The van der Waals surface area contributed by atoms with E-state index in [0.29, 0.717) is 6.42 Å². The van der Waals surface area contributed by atoms with Crippen molar-refractivity contribution < 1.29 is 9.53 Å². The molecule has 1 saturated carbocycles. The Morgan fingerprint density at radius 3 is 2.25 bits per heavy atom. The molecule has 0 saturated heterocycles. The molecule has 16 heavy (non-hydrogen) atoms. The molecule has 2 heteroatoms. The highest BCUT2D eigenvalue weighted by Gasteiger charge is 2.00. The monoisotopic (exact) mass is 226 g/mol. The summed E-state index contributed by atoms with van der Waals surface area (Å²) in [6, 6.07) is 0. The Labute approximate surface area is 100 Å². The van der Waals surface area contributed by atoms with Crippen LogP contribution in [0.1, 0.15) is 64.7 Å². The third-order valence-electron chi connectivity index (χ3n) is 2.77. The number of allylic oxidation sites excluding steroid dienone is 1. The van der Waals surface area contributed by atoms with Gasteiger partial charge >= 0.3 is 5.97 Å². The predicted molar refractivity (Wildman–Crippen MR) is 68.4 cm³/mol. The first-order valence-electron chi connectivity index (χ1n) is 6.44. The zero-order valence-electron chi connectivity index (χ0n) is 10.9. The van der Waals surface area contributed by atoms with Crippen LogP contribution < -0.4 is 0 Å². The summed E-state index contributed by atoms with van der Waals surface area (Å²) < 4.78 is 4.46. The summed E-state index contributed by atoms with van der Waals surface area (Å²) in [5.41, 5.74) is 1.46. The van der Waals surface area contributed by atoms with Gasteiger partial charge in [-0.3, -0.25) is 4.79 Å². The molecule has 0 radical (unpaired) electrons. The quantitative estimate of drug-likeness (QED) is 0.407. The largest absolute Gasteiger partial charge is 0.469 e. The molecule has 0 aliphatic heterocycles. The van der Waals surface area contributed by atoms with Crippen molar-refractivity contribution in [3.05, 3.63) is 12.2 Å². The van der Waals surface area contributed by atoms with Crippen molar-refractivity contribution in [3.63, 3.8) is 0 Å². The van der Waals surface area contributed by atoms with Crippen LogP contribution in [0.4, 0.5) is 0 Å². The third-order valence-corrected chi connectivity index (χ3v) is 2.77. The van der Waals surface area contributed by atoms with E-state index in [2.05, 4.69) is 18.2 Å². The average molecular weight is 226 g/mol. The molecule has 0 heterocycles. The molecule has 0 unspecified atom stereocenters. The number of hydrogen-bond acceptors (Lipinski definition) is 2. The summed E-state index contributed by atoms with van der Waals surface area (Å²) in [4.78, 5) is 10.5. The molecule has 94 valence electrons. The minimum absolute atomic E-state index is 0.0940. The second kappa shape index (κ2) is 10.7. The maximum Gasteiger partial charge on any atom is 0.305 e. The van der Waals surface area contributed by atoms with E-state index < -0.39 is 0 Å². The Morgan fingerprint density at radius 2 is 1.88 bits per heavy atom. The van der Waals surface area contributed by atoms with Crippen molar-refractivity contribution in [2.75, 3.05) is 7.11 Å². The molecule has 0 amide bonds. The lowest BCUT2D eigenvalue weighted by Gasteiger charge is -2.10. The lowest BCUT2D eigenvalue weighted by atomic mass is 9.97. The van der Waals surface area contributed by atoms with Crippen LogP contribution in [0, 0.1) is 0 Å². The number of methoxy groups -OCH3 is 1. The van der Waals surface area contributed by atoms with E-state index in [1.807, 2.05) is 0 Å². The minimum Gasteiger partial charge on any atom is -0.469 e. The summed E-state index contributed by atoms with van der Waals surface area (Å²) in [5, 5.41) is 0. The second-order valence-corrected chi connectivity index (χ2v) is 4.34. The molecule has 2 nitrogen and oxygen atoms in total. The van der Waals surface area contributed by atoms with Gasteiger partial charge in [-0.2, -0.15) is 0 Å². The zero-order valence-corrected chi connectivity index (χ0v) is 10.9. The Morgan fingerprint density at radius 1 is 1.25 bits per heavy atom. The van der Waals surface area contributed by atoms with Crippen LogP contribution >= 0.6 is 0 Å². The molecule has 1 rings (SSSR count). The van der Waals surface area contributed by atoms with E-state index in [0.717, 1.165) is 19.3 Å². The number of ether oxygens (including phenoxy) is 1. The number of carbonyl (C=O) groups is 1. The Balaban J connectivity index is 0.000000288. The molecule has 1 aliphatic carbocycles. The number of carbonyl (C=O) groups excluding carboxylic acids is 1. The fraction of sp³-hybridized carbons (Fsp3) is 0.786. The van der Waals surface area contributed by atoms with Gasteiger partial charge in [0.1, 0.15) is 0 Å². The maximum absolute atomic E-state index is 10.5. The standard InChI is InChI=1S/C7H14O2.C7H12/c1-3-4-5-6-7(8)9-2;1-7-5-3-2-4-6-7/h3-6H2,1-2H3;1-6H2. The first kappa shape index (κ1) is 15.2. The predicted octanol–water partition coefficient (Wildman–Crippen LogP) is 4.25. The highest BCUT2D eigenvalue weighted by atomic mass is 16.5. The van der Waals surface area contributed by atoms with E-state index in [1.165, 1.54) is 44.8 Å². The zero-order chi connectivity index (χ0) is 12.2. The molecule has 0 aromatic carbocycles. The van der Waals surface area contributed by atoms with E-state index in [1.54, 1.807) is 0 Å². The smallest absolute Gasteiger partial charge is 0.305 e. The van der Waals surface area contributed by atoms with Crippen molar-refractivity contribution in [1.29, 1.82) is 0 Å². The van der Waals surface area contributed by atoms with Gasteiger partial charge in [0, 0.05) is 6.42 Å². The van der Waals surface area contributed by atoms with Crippen LogP contribution in [0.25, 0.3) is 0 Å². The second-order valence-electron chi connectivity index (χ2n) is 4.34. The van der Waals surface area contributed by atoms with Gasteiger partial charge in [0.25, 0.3) is 0 Å². The van der Waals surface area contributed by atoms with Gasteiger partial charge in [-0.15, -0.1) is 0 Å². The summed E-state index contributed by atoms with van der Waals surface area (Å²) in [7, 11) is 1.42. The molecule has 0 bridgehead atoms. The number of hydrogen-bond donors (Lipinski definition) is 0. The van der Waals surface area contributed by atoms with Crippen LogP contribution in [0.5, 0.6) is 0 Å². The molecule has 0 spiro atoms. The van der Waals surface area contributed by atoms with Crippen LogP contribution in [-0.4, -0.2) is 13.1 Å².